The van der Waals surface area contributed by atoms with Gasteiger partial charge in [-0.1, -0.05) is 0 Å². The topological polar surface area (TPSA) is 0 Å². The van der Waals surface area contributed by atoms with Crippen LogP contribution in [0.25, 0.3) is 0 Å². The molecule has 0 atom stereocenters. The number of rotatable bonds is 2. The lowest BCUT2D eigenvalue weighted by molar-refractivity contribution is -0.155. The van der Waals surface area contributed by atoms with Crippen molar-refractivity contribution in [3.8, 4) is 0 Å². The highest BCUT2D eigenvalue weighted by atomic mass is 19.3. The van der Waals surface area contributed by atoms with E-state index in [4.69, 9.17) is 0 Å². The maximum atomic E-state index is 12.3. The minimum Gasteiger partial charge on any atom is -0.210 e. The van der Waals surface area contributed by atoms with Gasteiger partial charge in [-0.3, -0.25) is 0 Å². The predicted octanol–water partition coefficient (Wildman–Crippen LogP) is 2.93. The molecule has 0 N–H and O–H groups in total. The molecule has 0 nitrogen and oxygen atoms in total. The standard InChI is InChI=1S/C6H10F4/c1-5(2,4(7)8)6(3,9)10/h4H,1-3H3. The van der Waals surface area contributed by atoms with E-state index in [0.717, 1.165) is 13.8 Å². The van der Waals surface area contributed by atoms with Crippen LogP contribution in [0.15, 0.2) is 0 Å². The molecule has 0 amide bonds. The Morgan fingerprint density at radius 2 is 1.30 bits per heavy atom. The number of halogens is 4. The maximum absolute atomic E-state index is 12.3. The van der Waals surface area contributed by atoms with Crippen LogP contribution in [0.3, 0.4) is 0 Å². The van der Waals surface area contributed by atoms with Gasteiger partial charge >= 0.3 is 0 Å². The third-order valence-corrected chi connectivity index (χ3v) is 1.68. The molecule has 0 aliphatic carbocycles. The van der Waals surface area contributed by atoms with Gasteiger partial charge in [0, 0.05) is 6.92 Å². The molecule has 10 heavy (non-hydrogen) atoms. The fourth-order valence-corrected chi connectivity index (χ4v) is 0.192. The van der Waals surface area contributed by atoms with Gasteiger partial charge in [0.15, 0.2) is 0 Å². The Morgan fingerprint density at radius 1 is 1.00 bits per heavy atom. The Bertz CT molecular complexity index is 111. The van der Waals surface area contributed by atoms with E-state index < -0.39 is 17.8 Å². The van der Waals surface area contributed by atoms with Crippen LogP contribution in [0.2, 0.25) is 0 Å². The lowest BCUT2D eigenvalue weighted by atomic mass is 9.87. The van der Waals surface area contributed by atoms with Crippen LogP contribution in [0.5, 0.6) is 0 Å². The predicted molar refractivity (Wildman–Crippen MR) is 30.4 cm³/mol. The molecule has 0 saturated carbocycles. The molecule has 0 aliphatic rings. The maximum Gasteiger partial charge on any atom is 0.255 e. The van der Waals surface area contributed by atoms with Crippen molar-refractivity contribution in [1.29, 1.82) is 0 Å². The van der Waals surface area contributed by atoms with Gasteiger partial charge in [-0.2, -0.15) is 0 Å². The minimum absolute atomic E-state index is 0.499. The van der Waals surface area contributed by atoms with Crippen molar-refractivity contribution in [2.75, 3.05) is 0 Å². The van der Waals surface area contributed by atoms with Crippen LogP contribution in [0.4, 0.5) is 17.6 Å². The van der Waals surface area contributed by atoms with Crippen molar-refractivity contribution in [3.63, 3.8) is 0 Å². The molecule has 0 aromatic heterocycles. The first-order valence-corrected chi connectivity index (χ1v) is 2.85. The summed E-state index contributed by atoms with van der Waals surface area (Å²) < 4.78 is 48.2. The van der Waals surface area contributed by atoms with Gasteiger partial charge in [-0.25, -0.2) is 17.6 Å². The van der Waals surface area contributed by atoms with E-state index in [-0.39, 0.29) is 0 Å². The Morgan fingerprint density at radius 3 is 1.30 bits per heavy atom. The molecular weight excluding hydrogens is 148 g/mol. The zero-order chi connectivity index (χ0) is 8.58. The Balaban J connectivity index is 4.40. The van der Waals surface area contributed by atoms with Gasteiger partial charge in [-0.05, 0) is 13.8 Å². The summed E-state index contributed by atoms with van der Waals surface area (Å²) in [6.45, 7) is 2.19. The first kappa shape index (κ1) is 9.72. The molecule has 0 radical (unpaired) electrons. The summed E-state index contributed by atoms with van der Waals surface area (Å²) in [5, 5.41) is 0. The summed E-state index contributed by atoms with van der Waals surface area (Å²) in [6.07, 6.45) is -2.99. The first-order chi connectivity index (χ1) is 4.19. The van der Waals surface area contributed by atoms with Gasteiger partial charge in [0.25, 0.3) is 5.92 Å². The second-order valence-electron chi connectivity index (χ2n) is 2.91. The van der Waals surface area contributed by atoms with Gasteiger partial charge in [0.2, 0.25) is 6.43 Å². The Labute approximate surface area is 57.2 Å². The second-order valence-corrected chi connectivity index (χ2v) is 2.91. The lowest BCUT2D eigenvalue weighted by Gasteiger charge is -2.29. The number of hydrogen-bond acceptors (Lipinski definition) is 0. The molecule has 0 spiro atoms. The van der Waals surface area contributed by atoms with Crippen LogP contribution in [-0.2, 0) is 0 Å². The molecule has 0 rings (SSSR count). The molecule has 62 valence electrons. The summed E-state index contributed by atoms with van der Waals surface area (Å²) >= 11 is 0. The van der Waals surface area contributed by atoms with E-state index in [1.165, 1.54) is 0 Å². The van der Waals surface area contributed by atoms with Crippen molar-refractivity contribution in [2.45, 2.75) is 33.1 Å². The summed E-state index contributed by atoms with van der Waals surface area (Å²) in [5.41, 5.74) is -2.23. The molecule has 0 heterocycles. The monoisotopic (exact) mass is 158 g/mol. The van der Waals surface area contributed by atoms with Crippen molar-refractivity contribution in [3.05, 3.63) is 0 Å². The Hall–Kier alpha value is -0.280. The summed E-state index contributed by atoms with van der Waals surface area (Å²) in [4.78, 5) is 0. The van der Waals surface area contributed by atoms with Gasteiger partial charge < -0.3 is 0 Å². The van der Waals surface area contributed by atoms with Crippen LogP contribution >= 0.6 is 0 Å². The largest absolute Gasteiger partial charge is 0.255 e. The van der Waals surface area contributed by atoms with Crippen LogP contribution < -0.4 is 0 Å². The highest BCUT2D eigenvalue weighted by molar-refractivity contribution is 4.83. The highest BCUT2D eigenvalue weighted by Crippen LogP contribution is 2.40. The molecule has 0 bridgehead atoms. The molecule has 0 aromatic rings. The zero-order valence-corrected chi connectivity index (χ0v) is 6.09. The van der Waals surface area contributed by atoms with E-state index in [9.17, 15) is 17.6 Å². The van der Waals surface area contributed by atoms with Crippen molar-refractivity contribution >= 4 is 0 Å². The zero-order valence-electron chi connectivity index (χ0n) is 6.09. The average molecular weight is 158 g/mol. The molecule has 0 unspecified atom stereocenters. The van der Waals surface area contributed by atoms with Crippen LogP contribution in [0, 0.1) is 5.41 Å². The SMILES string of the molecule is CC(F)(F)C(C)(C)C(F)F. The molecule has 0 saturated heterocycles. The molecule has 4 heteroatoms. The third kappa shape index (κ3) is 1.61. The van der Waals surface area contributed by atoms with Crippen molar-refractivity contribution in [2.24, 2.45) is 5.41 Å². The van der Waals surface area contributed by atoms with Crippen LogP contribution in [0.1, 0.15) is 20.8 Å². The van der Waals surface area contributed by atoms with Gasteiger partial charge in [0.05, 0.1) is 5.41 Å². The van der Waals surface area contributed by atoms with Crippen molar-refractivity contribution < 1.29 is 17.6 Å². The quantitative estimate of drug-likeness (QED) is 0.542. The molecule has 0 fully saturated rings. The van der Waals surface area contributed by atoms with E-state index in [1.807, 2.05) is 0 Å². The summed E-state index contributed by atoms with van der Waals surface area (Å²) in [7, 11) is 0. The van der Waals surface area contributed by atoms with E-state index >= 15 is 0 Å². The average Bonchev–Trinajstić information content (AvgIpc) is 1.62. The minimum atomic E-state index is -3.33. The summed E-state index contributed by atoms with van der Waals surface area (Å²) in [5.74, 6) is -3.33. The van der Waals surface area contributed by atoms with Crippen molar-refractivity contribution in [1.82, 2.24) is 0 Å². The van der Waals surface area contributed by atoms with Gasteiger partial charge in [-0.15, -0.1) is 0 Å². The number of alkyl halides is 4. The summed E-state index contributed by atoms with van der Waals surface area (Å²) in [6, 6.07) is 0. The second kappa shape index (κ2) is 2.40. The third-order valence-electron chi connectivity index (χ3n) is 1.68. The molecule has 0 aromatic carbocycles. The molecular formula is C6H10F4. The van der Waals surface area contributed by atoms with Gasteiger partial charge in [0.1, 0.15) is 0 Å². The van der Waals surface area contributed by atoms with E-state index in [2.05, 4.69) is 0 Å². The molecule has 0 aliphatic heterocycles. The highest BCUT2D eigenvalue weighted by Gasteiger charge is 2.48. The fraction of sp³-hybridized carbons (Fsp3) is 1.00. The lowest BCUT2D eigenvalue weighted by Crippen LogP contribution is -2.39. The normalized spacial score (nSPS) is 14.4. The fourth-order valence-electron chi connectivity index (χ4n) is 0.192. The van der Waals surface area contributed by atoms with Crippen LogP contribution in [-0.4, -0.2) is 12.3 Å². The Kier molecular flexibility index (Phi) is 2.33. The first-order valence-electron chi connectivity index (χ1n) is 2.85. The smallest absolute Gasteiger partial charge is 0.210 e. The van der Waals surface area contributed by atoms with E-state index in [0.29, 0.717) is 6.92 Å². The number of hydrogen-bond donors (Lipinski definition) is 0. The van der Waals surface area contributed by atoms with E-state index in [1.54, 1.807) is 0 Å².